The van der Waals surface area contributed by atoms with Gasteiger partial charge < -0.3 is 15.0 Å². The molecule has 0 unspecified atom stereocenters. The van der Waals surface area contributed by atoms with Crippen molar-refractivity contribution in [2.45, 2.75) is 18.4 Å². The number of aromatic nitrogens is 4. The maximum atomic E-state index is 6.26. The Kier molecular flexibility index (Phi) is 2.77. The molecule has 7 heteroatoms. The highest BCUT2D eigenvalue weighted by Gasteiger charge is 2.35. The fourth-order valence-corrected chi connectivity index (χ4v) is 1.90. The molecule has 0 bridgehead atoms. The second-order valence-corrected chi connectivity index (χ2v) is 4.29. The summed E-state index contributed by atoms with van der Waals surface area (Å²) < 4.78 is 10.5. The van der Waals surface area contributed by atoms with Gasteiger partial charge in [-0.1, -0.05) is 5.16 Å². The van der Waals surface area contributed by atoms with E-state index in [1.807, 2.05) is 0 Å². The van der Waals surface area contributed by atoms with Gasteiger partial charge in [0.2, 0.25) is 11.7 Å². The summed E-state index contributed by atoms with van der Waals surface area (Å²) in [4.78, 5) is 12.2. The van der Waals surface area contributed by atoms with E-state index in [0.717, 1.165) is 0 Å². The first kappa shape index (κ1) is 11.2. The van der Waals surface area contributed by atoms with E-state index in [2.05, 4.69) is 20.1 Å². The number of nitrogens with two attached hydrogens (primary N) is 1. The molecule has 0 atom stereocenters. The van der Waals surface area contributed by atoms with Crippen LogP contribution in [0.15, 0.2) is 23.1 Å². The summed E-state index contributed by atoms with van der Waals surface area (Å²) in [7, 11) is 0. The van der Waals surface area contributed by atoms with Gasteiger partial charge >= 0.3 is 0 Å². The lowest BCUT2D eigenvalue weighted by molar-refractivity contribution is 0.0400. The molecule has 1 fully saturated rings. The Morgan fingerprint density at radius 2 is 2.11 bits per heavy atom. The third-order valence-corrected chi connectivity index (χ3v) is 3.05. The maximum absolute atomic E-state index is 6.26. The van der Waals surface area contributed by atoms with Gasteiger partial charge in [-0.15, -0.1) is 0 Å². The number of rotatable bonds is 2. The van der Waals surface area contributed by atoms with Crippen LogP contribution in [0, 0.1) is 0 Å². The normalized spacial score (nSPS) is 18.7. The standard InChI is InChI=1S/C11H13N5O2/c12-11(2-5-17-6-3-11)10-15-9(16-18-10)8-1-4-13-7-14-8/h1,4,7H,2-3,5-6,12H2. The zero-order valence-corrected chi connectivity index (χ0v) is 9.74. The molecule has 0 saturated carbocycles. The molecule has 3 heterocycles. The molecule has 3 rings (SSSR count). The SMILES string of the molecule is NC1(c2nc(-c3ccncn3)no2)CCOCC1. The van der Waals surface area contributed by atoms with E-state index in [-0.39, 0.29) is 0 Å². The van der Waals surface area contributed by atoms with Crippen molar-refractivity contribution < 1.29 is 9.26 Å². The third kappa shape index (κ3) is 1.98. The summed E-state index contributed by atoms with van der Waals surface area (Å²) in [6.45, 7) is 1.23. The molecule has 1 aliphatic heterocycles. The van der Waals surface area contributed by atoms with Gasteiger partial charge in [0.05, 0.1) is 0 Å². The summed E-state index contributed by atoms with van der Waals surface area (Å²) >= 11 is 0. The van der Waals surface area contributed by atoms with Crippen LogP contribution in [0.5, 0.6) is 0 Å². The van der Waals surface area contributed by atoms with E-state index >= 15 is 0 Å². The zero-order chi connectivity index (χ0) is 12.4. The van der Waals surface area contributed by atoms with E-state index in [4.69, 9.17) is 15.0 Å². The predicted molar refractivity (Wildman–Crippen MR) is 61.2 cm³/mol. The van der Waals surface area contributed by atoms with Crippen LogP contribution in [-0.4, -0.2) is 33.3 Å². The summed E-state index contributed by atoms with van der Waals surface area (Å²) in [5, 5.41) is 3.91. The van der Waals surface area contributed by atoms with Crippen LogP contribution in [0.4, 0.5) is 0 Å². The Balaban J connectivity index is 1.89. The van der Waals surface area contributed by atoms with Crippen LogP contribution in [0.3, 0.4) is 0 Å². The van der Waals surface area contributed by atoms with Crippen LogP contribution in [0.25, 0.3) is 11.5 Å². The quantitative estimate of drug-likeness (QED) is 0.824. The van der Waals surface area contributed by atoms with Crippen LogP contribution < -0.4 is 5.73 Å². The van der Waals surface area contributed by atoms with Gasteiger partial charge in [0.1, 0.15) is 17.6 Å². The van der Waals surface area contributed by atoms with E-state index < -0.39 is 5.54 Å². The lowest BCUT2D eigenvalue weighted by atomic mass is 9.91. The minimum Gasteiger partial charge on any atom is -0.381 e. The molecule has 2 N–H and O–H groups in total. The first-order valence-electron chi connectivity index (χ1n) is 5.75. The molecule has 0 radical (unpaired) electrons. The first-order chi connectivity index (χ1) is 8.78. The molecule has 1 saturated heterocycles. The molecule has 2 aromatic rings. The maximum Gasteiger partial charge on any atom is 0.247 e. The Morgan fingerprint density at radius 1 is 1.28 bits per heavy atom. The summed E-state index contributed by atoms with van der Waals surface area (Å²) in [5.41, 5.74) is 6.30. The number of hydrogen-bond acceptors (Lipinski definition) is 7. The van der Waals surface area contributed by atoms with Crippen molar-refractivity contribution in [3.8, 4) is 11.5 Å². The third-order valence-electron chi connectivity index (χ3n) is 3.05. The largest absolute Gasteiger partial charge is 0.381 e. The lowest BCUT2D eigenvalue weighted by Crippen LogP contribution is -2.42. The molecular formula is C11H13N5O2. The lowest BCUT2D eigenvalue weighted by Gasteiger charge is -2.29. The van der Waals surface area contributed by atoms with Gasteiger partial charge in [0, 0.05) is 19.4 Å². The minimum absolute atomic E-state index is 0.434. The van der Waals surface area contributed by atoms with Crippen molar-refractivity contribution in [3.05, 3.63) is 24.5 Å². The molecule has 1 aliphatic rings. The highest BCUT2D eigenvalue weighted by atomic mass is 16.5. The second kappa shape index (κ2) is 4.43. The molecule has 94 valence electrons. The first-order valence-corrected chi connectivity index (χ1v) is 5.75. The van der Waals surface area contributed by atoms with Crippen molar-refractivity contribution in [1.29, 1.82) is 0 Å². The fraction of sp³-hybridized carbons (Fsp3) is 0.455. The van der Waals surface area contributed by atoms with Gasteiger partial charge in [0.25, 0.3) is 0 Å². The van der Waals surface area contributed by atoms with Crippen molar-refractivity contribution >= 4 is 0 Å². The number of nitrogens with zero attached hydrogens (tertiary/aromatic N) is 4. The zero-order valence-electron chi connectivity index (χ0n) is 9.74. The molecule has 18 heavy (non-hydrogen) atoms. The highest BCUT2D eigenvalue weighted by Crippen LogP contribution is 2.29. The smallest absolute Gasteiger partial charge is 0.247 e. The Bertz CT molecular complexity index is 521. The van der Waals surface area contributed by atoms with Crippen molar-refractivity contribution in [3.63, 3.8) is 0 Å². The van der Waals surface area contributed by atoms with Crippen LogP contribution in [0.1, 0.15) is 18.7 Å². The molecule has 0 aromatic carbocycles. The van der Waals surface area contributed by atoms with Crippen LogP contribution in [-0.2, 0) is 10.3 Å². The van der Waals surface area contributed by atoms with Crippen molar-refractivity contribution in [2.24, 2.45) is 5.73 Å². The fourth-order valence-electron chi connectivity index (χ4n) is 1.90. The topological polar surface area (TPSA) is 100.0 Å². The molecule has 0 spiro atoms. The molecular weight excluding hydrogens is 234 g/mol. The molecule has 0 amide bonds. The van der Waals surface area contributed by atoms with Crippen molar-refractivity contribution in [1.82, 2.24) is 20.1 Å². The summed E-state index contributed by atoms with van der Waals surface area (Å²) in [6, 6.07) is 1.72. The van der Waals surface area contributed by atoms with E-state index in [9.17, 15) is 0 Å². The van der Waals surface area contributed by atoms with Gasteiger partial charge in [-0.3, -0.25) is 0 Å². The summed E-state index contributed by atoms with van der Waals surface area (Å²) in [5.74, 6) is 0.878. The Morgan fingerprint density at radius 3 is 2.83 bits per heavy atom. The summed E-state index contributed by atoms with van der Waals surface area (Å²) in [6.07, 6.45) is 4.43. The monoisotopic (exact) mass is 247 g/mol. The van der Waals surface area contributed by atoms with Gasteiger partial charge in [-0.05, 0) is 18.9 Å². The average Bonchev–Trinajstić information content (AvgIpc) is 2.91. The minimum atomic E-state index is -0.587. The molecule has 0 aliphatic carbocycles. The number of ether oxygens (including phenoxy) is 1. The van der Waals surface area contributed by atoms with Crippen LogP contribution >= 0.6 is 0 Å². The molecule has 2 aromatic heterocycles. The van der Waals surface area contributed by atoms with E-state index in [0.29, 0.717) is 43.5 Å². The van der Waals surface area contributed by atoms with Gasteiger partial charge in [-0.25, -0.2) is 9.97 Å². The predicted octanol–water partition coefficient (Wildman–Crippen LogP) is 0.491. The second-order valence-electron chi connectivity index (χ2n) is 4.29. The van der Waals surface area contributed by atoms with Gasteiger partial charge in [-0.2, -0.15) is 4.98 Å². The van der Waals surface area contributed by atoms with Crippen LogP contribution in [0.2, 0.25) is 0 Å². The van der Waals surface area contributed by atoms with Crippen molar-refractivity contribution in [2.75, 3.05) is 13.2 Å². The average molecular weight is 247 g/mol. The Hall–Kier alpha value is -1.86. The number of hydrogen-bond donors (Lipinski definition) is 1. The van der Waals surface area contributed by atoms with Gasteiger partial charge in [0.15, 0.2) is 0 Å². The van der Waals surface area contributed by atoms with E-state index in [1.165, 1.54) is 6.33 Å². The Labute approximate surface area is 103 Å². The van der Waals surface area contributed by atoms with E-state index in [1.54, 1.807) is 12.3 Å². The highest BCUT2D eigenvalue weighted by molar-refractivity contribution is 5.46. The molecule has 7 nitrogen and oxygen atoms in total.